The van der Waals surface area contributed by atoms with E-state index in [4.69, 9.17) is 0 Å². The van der Waals surface area contributed by atoms with E-state index in [1.54, 1.807) is 28.8 Å². The van der Waals surface area contributed by atoms with Crippen molar-refractivity contribution in [2.24, 2.45) is 5.41 Å². The lowest BCUT2D eigenvalue weighted by molar-refractivity contribution is -0.142. The van der Waals surface area contributed by atoms with Crippen LogP contribution in [0.25, 0.3) is 5.69 Å². The van der Waals surface area contributed by atoms with E-state index in [1.807, 2.05) is 69.6 Å². The molecule has 0 aliphatic carbocycles. The number of carbonyl (C=O) groups is 3. The van der Waals surface area contributed by atoms with E-state index >= 15 is 0 Å². The molecular weight excluding hydrogens is 549 g/mol. The molecule has 2 aromatic rings. The molecular formula is C24H32IN5O4. The third kappa shape index (κ3) is 5.96. The van der Waals surface area contributed by atoms with Crippen LogP contribution in [0, 0.1) is 12.3 Å². The molecule has 3 N–H and O–H groups in total. The van der Waals surface area contributed by atoms with E-state index in [0.717, 1.165) is 17.1 Å². The van der Waals surface area contributed by atoms with Crippen molar-refractivity contribution < 1.29 is 19.5 Å². The van der Waals surface area contributed by atoms with Crippen LogP contribution in [0.5, 0.6) is 0 Å². The van der Waals surface area contributed by atoms with Crippen LogP contribution in [-0.4, -0.2) is 60.0 Å². The van der Waals surface area contributed by atoms with Gasteiger partial charge in [0.25, 0.3) is 3.91 Å². The van der Waals surface area contributed by atoms with E-state index in [2.05, 4.69) is 15.6 Å². The average molecular weight is 581 g/mol. The largest absolute Gasteiger partial charge is 0.391 e. The Balaban J connectivity index is 1.72. The second-order valence-electron chi connectivity index (χ2n) is 9.78. The molecule has 1 aliphatic heterocycles. The zero-order chi connectivity index (χ0) is 25.2. The minimum Gasteiger partial charge on any atom is -0.391 e. The summed E-state index contributed by atoms with van der Waals surface area (Å²) in [6.45, 7) is 9.40. The maximum Gasteiger partial charge on any atom is 0.281 e. The monoisotopic (exact) mass is 581 g/mol. The van der Waals surface area contributed by atoms with Crippen LogP contribution in [0.1, 0.15) is 51.5 Å². The lowest BCUT2D eigenvalue weighted by Crippen LogP contribution is -2.57. The molecule has 0 spiro atoms. The molecule has 3 amide bonds. The summed E-state index contributed by atoms with van der Waals surface area (Å²) in [6.07, 6.45) is 2.98. The fourth-order valence-electron chi connectivity index (χ4n) is 4.20. The molecule has 0 saturated carbocycles. The van der Waals surface area contributed by atoms with Crippen molar-refractivity contribution in [3.63, 3.8) is 0 Å². The van der Waals surface area contributed by atoms with Crippen LogP contribution in [0.2, 0.25) is 0 Å². The highest BCUT2D eigenvalue weighted by Gasteiger charge is 2.44. The molecule has 34 heavy (non-hydrogen) atoms. The molecule has 1 saturated heterocycles. The number of rotatable bonds is 6. The minimum atomic E-state index is -0.811. The first-order chi connectivity index (χ1) is 15.9. The molecule has 9 nitrogen and oxygen atoms in total. The van der Waals surface area contributed by atoms with Crippen LogP contribution >= 0.6 is 22.6 Å². The van der Waals surface area contributed by atoms with Crippen molar-refractivity contribution in [2.45, 2.75) is 65.3 Å². The Morgan fingerprint density at radius 2 is 1.82 bits per heavy atom. The first-order valence-electron chi connectivity index (χ1n) is 11.2. The van der Waals surface area contributed by atoms with E-state index in [9.17, 15) is 19.5 Å². The molecule has 1 aromatic carbocycles. The predicted molar refractivity (Wildman–Crippen MR) is 137 cm³/mol. The number of halogens is 1. The zero-order valence-electron chi connectivity index (χ0n) is 20.1. The number of β-amino-alcohol motifs (C(OH)–C–C–N with tert-alkyl or cyclic N) is 1. The molecule has 2 heterocycles. The summed E-state index contributed by atoms with van der Waals surface area (Å²) >= 11 is 1.59. The molecule has 1 fully saturated rings. The van der Waals surface area contributed by atoms with Crippen LogP contribution < -0.4 is 10.6 Å². The number of hydrogen-bond acceptors (Lipinski definition) is 5. The van der Waals surface area contributed by atoms with Crippen LogP contribution in [0.15, 0.2) is 36.7 Å². The topological polar surface area (TPSA) is 117 Å². The summed E-state index contributed by atoms with van der Waals surface area (Å²) in [5, 5.41) is 15.9. The molecule has 184 valence electrons. The highest BCUT2D eigenvalue weighted by molar-refractivity contribution is 14.1. The van der Waals surface area contributed by atoms with Gasteiger partial charge < -0.3 is 25.2 Å². The normalized spacial score (nSPS) is 20.0. The third-order valence-corrected chi connectivity index (χ3v) is 6.40. The smallest absolute Gasteiger partial charge is 0.281 e. The number of hydrogen-bond donors (Lipinski definition) is 3. The number of imidazole rings is 1. The summed E-state index contributed by atoms with van der Waals surface area (Å²) in [5.41, 5.74) is 1.32. The van der Waals surface area contributed by atoms with Gasteiger partial charge in [0, 0.05) is 53.6 Å². The van der Waals surface area contributed by atoms with E-state index in [1.165, 1.54) is 4.90 Å². The van der Waals surface area contributed by atoms with Gasteiger partial charge in [-0.15, -0.1) is 0 Å². The SMILES string of the molecule is Cc1nccn1-c1ccc(C(C)NC(=O)C2CC(O)CN2C(=O)C(NC(=O)I)C(C)(C)C)cc1. The zero-order valence-corrected chi connectivity index (χ0v) is 22.2. The average Bonchev–Trinajstić information content (AvgIpc) is 3.36. The van der Waals surface area contributed by atoms with Crippen molar-refractivity contribution in [2.75, 3.05) is 6.54 Å². The third-order valence-electron chi connectivity index (χ3n) is 6.09. The molecule has 4 unspecified atom stereocenters. The highest BCUT2D eigenvalue weighted by Crippen LogP contribution is 2.27. The number of aromatic nitrogens is 2. The van der Waals surface area contributed by atoms with E-state index < -0.39 is 23.6 Å². The Kier molecular flexibility index (Phi) is 8.02. The predicted octanol–water partition coefficient (Wildman–Crippen LogP) is 2.88. The van der Waals surface area contributed by atoms with Crippen molar-refractivity contribution in [3.05, 3.63) is 48.0 Å². The number of carbonyl (C=O) groups excluding carboxylic acids is 3. The summed E-state index contributed by atoms with van der Waals surface area (Å²) in [5.74, 6) is 0.174. The molecule has 1 aromatic heterocycles. The van der Waals surface area contributed by atoms with Gasteiger partial charge in [0.2, 0.25) is 11.8 Å². The standard InChI is InChI=1S/C24H32IN5O4/c1-14(16-6-8-17(9-7-16)29-11-10-26-15(29)2)27-21(32)19-12-18(31)13-30(19)22(33)20(24(3,4)5)28-23(25)34/h6-11,14,18-20,31H,12-13H2,1-5H3,(H,27,32)(H,28,34). The maximum absolute atomic E-state index is 13.3. The first-order valence-corrected chi connectivity index (χ1v) is 12.3. The number of nitrogens with one attached hydrogen (secondary N) is 2. The molecule has 1 aliphatic rings. The summed E-state index contributed by atoms with van der Waals surface area (Å²) in [7, 11) is 0. The van der Waals surface area contributed by atoms with Gasteiger partial charge in [0.15, 0.2) is 0 Å². The lowest BCUT2D eigenvalue weighted by atomic mass is 9.85. The first kappa shape index (κ1) is 26.1. The van der Waals surface area contributed by atoms with Gasteiger partial charge >= 0.3 is 0 Å². The molecule has 0 radical (unpaired) electrons. The van der Waals surface area contributed by atoms with Crippen LogP contribution in [0.4, 0.5) is 4.79 Å². The second-order valence-corrected chi connectivity index (χ2v) is 10.8. The van der Waals surface area contributed by atoms with Crippen molar-refractivity contribution >= 4 is 38.3 Å². The van der Waals surface area contributed by atoms with E-state index in [-0.39, 0.29) is 34.7 Å². The van der Waals surface area contributed by atoms with Gasteiger partial charge in [0.1, 0.15) is 17.9 Å². The Morgan fingerprint density at radius 3 is 2.35 bits per heavy atom. The molecule has 0 bridgehead atoms. The van der Waals surface area contributed by atoms with E-state index in [0.29, 0.717) is 0 Å². The van der Waals surface area contributed by atoms with Crippen molar-refractivity contribution in [3.8, 4) is 5.69 Å². The van der Waals surface area contributed by atoms with Gasteiger partial charge in [-0.1, -0.05) is 32.9 Å². The lowest BCUT2D eigenvalue weighted by Gasteiger charge is -2.35. The molecule has 10 heteroatoms. The Bertz CT molecular complexity index is 1050. The highest BCUT2D eigenvalue weighted by atomic mass is 127. The number of benzene rings is 1. The number of nitrogens with zero attached hydrogens (tertiary/aromatic N) is 3. The number of aryl methyl sites for hydroxylation is 1. The number of amides is 3. The second kappa shape index (κ2) is 10.4. The fraction of sp³-hybridized carbons (Fsp3) is 0.500. The Morgan fingerprint density at radius 1 is 1.18 bits per heavy atom. The quantitative estimate of drug-likeness (QED) is 0.276. The number of likely N-dealkylation sites (tertiary alicyclic amines) is 1. The van der Waals surface area contributed by atoms with Gasteiger partial charge in [-0.3, -0.25) is 14.4 Å². The van der Waals surface area contributed by atoms with Gasteiger partial charge in [-0.05, 0) is 37.0 Å². The summed E-state index contributed by atoms with van der Waals surface area (Å²) in [6, 6.07) is 5.89. The van der Waals surface area contributed by atoms with Gasteiger partial charge in [-0.2, -0.15) is 0 Å². The Labute approximate surface area is 213 Å². The summed E-state index contributed by atoms with van der Waals surface area (Å²) < 4.78 is 1.62. The Hall–Kier alpha value is -2.47. The maximum atomic E-state index is 13.3. The van der Waals surface area contributed by atoms with Gasteiger partial charge in [0.05, 0.1) is 12.1 Å². The van der Waals surface area contributed by atoms with Crippen molar-refractivity contribution in [1.82, 2.24) is 25.1 Å². The summed E-state index contributed by atoms with van der Waals surface area (Å²) in [4.78, 5) is 43.8. The number of aliphatic hydroxyl groups excluding tert-OH is 1. The fourth-order valence-corrected chi connectivity index (χ4v) is 4.51. The molecule has 3 rings (SSSR count). The van der Waals surface area contributed by atoms with Crippen LogP contribution in [0.3, 0.4) is 0 Å². The molecule has 4 atom stereocenters. The number of aliphatic hydroxyl groups is 1. The minimum absolute atomic E-state index is 0.0496. The van der Waals surface area contributed by atoms with Crippen molar-refractivity contribution in [1.29, 1.82) is 0 Å². The van der Waals surface area contributed by atoms with Gasteiger partial charge in [-0.25, -0.2) is 4.98 Å². The van der Waals surface area contributed by atoms with Crippen LogP contribution in [-0.2, 0) is 9.59 Å².